The van der Waals surface area contributed by atoms with Crippen LogP contribution < -0.4 is 16.4 Å². The molecule has 34 heavy (non-hydrogen) atoms. The minimum Gasteiger partial charge on any atom is -0.380 e. The average molecular weight is 477 g/mol. The smallest absolute Gasteiger partial charge is 0.287 e. The summed E-state index contributed by atoms with van der Waals surface area (Å²) in [5.74, 6) is -2.90. The van der Waals surface area contributed by atoms with Crippen LogP contribution in [0.15, 0.2) is 0 Å². The van der Waals surface area contributed by atoms with Gasteiger partial charge in [0.15, 0.2) is 0 Å². The van der Waals surface area contributed by atoms with E-state index < -0.39 is 35.7 Å². The van der Waals surface area contributed by atoms with Crippen LogP contribution in [0, 0.1) is 35.0 Å². The van der Waals surface area contributed by atoms with Gasteiger partial charge in [-0.1, -0.05) is 40.5 Å². The Morgan fingerprint density at radius 2 is 1.74 bits per heavy atom. The number of nitrogens with two attached hydrogens (primary N) is 1. The van der Waals surface area contributed by atoms with Gasteiger partial charge in [0.2, 0.25) is 23.5 Å². The highest BCUT2D eigenvalue weighted by Crippen LogP contribution is 2.65. The van der Waals surface area contributed by atoms with E-state index in [9.17, 15) is 24.0 Å². The molecule has 2 saturated carbocycles. The third-order valence-electron chi connectivity index (χ3n) is 8.13. The number of Topliss-reactive ketones (excluding diaryl/α,β-unsaturated/α-hetero) is 1. The number of nitrogens with one attached hydrogen (secondary N) is 2. The van der Waals surface area contributed by atoms with Gasteiger partial charge in [-0.25, -0.2) is 0 Å². The molecule has 2 aliphatic carbocycles. The number of carbonyl (C=O) groups excluding carboxylic acids is 5. The van der Waals surface area contributed by atoms with Crippen LogP contribution in [-0.2, 0) is 28.7 Å². The Bertz CT molecular complexity index is 894. The molecule has 2 aliphatic heterocycles. The summed E-state index contributed by atoms with van der Waals surface area (Å²) in [7, 11) is 0. The Morgan fingerprint density at radius 3 is 2.24 bits per heavy atom. The van der Waals surface area contributed by atoms with Crippen molar-refractivity contribution >= 4 is 29.4 Å². The van der Waals surface area contributed by atoms with E-state index in [2.05, 4.69) is 24.5 Å². The number of nitrogens with zero attached hydrogens (tertiary/aromatic N) is 1. The minimum atomic E-state index is -1.07. The van der Waals surface area contributed by atoms with E-state index in [0.717, 1.165) is 12.8 Å². The maximum absolute atomic E-state index is 13.7. The molecule has 0 spiro atoms. The zero-order valence-electron chi connectivity index (χ0n) is 20.3. The SMILES string of the molecule is CC(C)C(=O)NC(C(=O)N1C[C@H]2C([C@H]1C(=O)NC(CC1CC1)C(=O)C(N)=O)C2(C)C)C1COC1. The second kappa shape index (κ2) is 8.94. The summed E-state index contributed by atoms with van der Waals surface area (Å²) in [6.45, 7) is 8.80. The van der Waals surface area contributed by atoms with Gasteiger partial charge in [0.1, 0.15) is 12.1 Å². The summed E-state index contributed by atoms with van der Waals surface area (Å²) < 4.78 is 5.27. The highest BCUT2D eigenvalue weighted by molar-refractivity contribution is 6.37. The fourth-order valence-electron chi connectivity index (χ4n) is 5.49. The average Bonchev–Trinajstić information content (AvgIpc) is 3.57. The number of fused-ring (bicyclic) bond motifs is 1. The lowest BCUT2D eigenvalue weighted by Gasteiger charge is -2.38. The van der Waals surface area contributed by atoms with Gasteiger partial charge in [-0.3, -0.25) is 24.0 Å². The van der Waals surface area contributed by atoms with E-state index in [0.29, 0.717) is 26.2 Å². The lowest BCUT2D eigenvalue weighted by Crippen LogP contribution is -2.61. The van der Waals surface area contributed by atoms with Crippen molar-refractivity contribution in [2.45, 2.75) is 65.1 Å². The number of rotatable bonds is 10. The van der Waals surface area contributed by atoms with Crippen molar-refractivity contribution in [1.29, 1.82) is 0 Å². The molecule has 0 aromatic rings. The summed E-state index contributed by atoms with van der Waals surface area (Å²) in [5, 5.41) is 5.61. The topological polar surface area (TPSA) is 148 Å². The normalized spacial score (nSPS) is 29.0. The number of piperidine rings is 1. The zero-order valence-corrected chi connectivity index (χ0v) is 20.3. The van der Waals surface area contributed by atoms with Gasteiger partial charge in [0.05, 0.1) is 19.3 Å². The first kappa shape index (κ1) is 24.6. The predicted octanol–water partition coefficient (Wildman–Crippen LogP) is -0.404. The summed E-state index contributed by atoms with van der Waals surface area (Å²) in [6, 6.07) is -2.52. The number of likely N-dealkylation sites (tertiary alicyclic amines) is 1. The lowest BCUT2D eigenvalue weighted by atomic mass is 9.93. The number of primary amides is 1. The van der Waals surface area contributed by atoms with E-state index in [1.807, 2.05) is 0 Å². The maximum Gasteiger partial charge on any atom is 0.287 e. The molecule has 4 N–H and O–H groups in total. The van der Waals surface area contributed by atoms with E-state index in [1.165, 1.54) is 0 Å². The van der Waals surface area contributed by atoms with E-state index in [-0.39, 0.29) is 46.8 Å². The number of hydrogen-bond acceptors (Lipinski definition) is 6. The summed E-state index contributed by atoms with van der Waals surface area (Å²) in [6.07, 6.45) is 2.27. The second-order valence-corrected chi connectivity index (χ2v) is 11.3. The van der Waals surface area contributed by atoms with Gasteiger partial charge in [-0.05, 0) is 29.6 Å². The summed E-state index contributed by atoms with van der Waals surface area (Å²) in [5.41, 5.74) is 5.11. The summed E-state index contributed by atoms with van der Waals surface area (Å²) in [4.78, 5) is 65.1. The van der Waals surface area contributed by atoms with Crippen LogP contribution >= 0.6 is 0 Å². The van der Waals surface area contributed by atoms with Crippen molar-refractivity contribution in [3.05, 3.63) is 0 Å². The van der Waals surface area contributed by atoms with Crippen LogP contribution in [0.3, 0.4) is 0 Å². The Balaban J connectivity index is 1.54. The van der Waals surface area contributed by atoms with Crippen molar-refractivity contribution in [2.75, 3.05) is 19.8 Å². The quantitative estimate of drug-likeness (QED) is 0.365. The molecule has 10 heteroatoms. The second-order valence-electron chi connectivity index (χ2n) is 11.3. The van der Waals surface area contributed by atoms with Crippen molar-refractivity contribution in [3.8, 4) is 0 Å². The highest BCUT2D eigenvalue weighted by atomic mass is 16.5. The van der Waals surface area contributed by atoms with E-state index in [4.69, 9.17) is 10.5 Å². The zero-order chi connectivity index (χ0) is 24.9. The third-order valence-corrected chi connectivity index (χ3v) is 8.13. The minimum absolute atomic E-state index is 0.0548. The predicted molar refractivity (Wildman–Crippen MR) is 121 cm³/mol. The van der Waals surface area contributed by atoms with Gasteiger partial charge in [0.25, 0.3) is 5.91 Å². The highest BCUT2D eigenvalue weighted by Gasteiger charge is 2.69. The molecule has 5 atom stereocenters. The number of carbonyl (C=O) groups is 5. The molecular formula is C24H36N4O6. The van der Waals surface area contributed by atoms with Gasteiger partial charge in [-0.2, -0.15) is 0 Å². The molecule has 188 valence electrons. The number of hydrogen-bond donors (Lipinski definition) is 3. The molecule has 0 aromatic carbocycles. The van der Waals surface area contributed by atoms with Crippen LogP contribution in [0.1, 0.15) is 47.0 Å². The molecule has 4 aliphatic rings. The lowest BCUT2D eigenvalue weighted by molar-refractivity contribution is -0.150. The Labute approximate surface area is 199 Å². The fraction of sp³-hybridized carbons (Fsp3) is 0.792. The molecule has 2 saturated heterocycles. The van der Waals surface area contributed by atoms with Gasteiger partial charge >= 0.3 is 0 Å². The van der Waals surface area contributed by atoms with Crippen LogP contribution in [-0.4, -0.2) is 72.2 Å². The first-order chi connectivity index (χ1) is 15.9. The van der Waals surface area contributed by atoms with Crippen molar-refractivity contribution < 1.29 is 28.7 Å². The number of amides is 4. The van der Waals surface area contributed by atoms with Crippen LogP contribution in [0.4, 0.5) is 0 Å². The largest absolute Gasteiger partial charge is 0.380 e. The van der Waals surface area contributed by atoms with Crippen molar-refractivity contribution in [2.24, 2.45) is 40.7 Å². The number of ether oxygens (including phenoxy) is 1. The molecule has 4 amide bonds. The third kappa shape index (κ3) is 4.56. The maximum atomic E-state index is 13.7. The molecule has 0 aromatic heterocycles. The first-order valence-electron chi connectivity index (χ1n) is 12.3. The number of ketones is 1. The van der Waals surface area contributed by atoms with Crippen LogP contribution in [0.5, 0.6) is 0 Å². The van der Waals surface area contributed by atoms with Crippen LogP contribution in [0.2, 0.25) is 0 Å². The van der Waals surface area contributed by atoms with Gasteiger partial charge in [0, 0.05) is 18.4 Å². The van der Waals surface area contributed by atoms with E-state index in [1.54, 1.807) is 18.7 Å². The molecule has 0 bridgehead atoms. The van der Waals surface area contributed by atoms with Gasteiger partial charge < -0.3 is 26.0 Å². The Morgan fingerprint density at radius 1 is 1.09 bits per heavy atom. The molecule has 10 nitrogen and oxygen atoms in total. The first-order valence-corrected chi connectivity index (χ1v) is 12.3. The molecule has 2 heterocycles. The molecule has 0 radical (unpaired) electrons. The fourth-order valence-corrected chi connectivity index (χ4v) is 5.49. The van der Waals surface area contributed by atoms with E-state index >= 15 is 0 Å². The Kier molecular flexibility index (Phi) is 6.48. The van der Waals surface area contributed by atoms with Gasteiger partial charge in [-0.15, -0.1) is 0 Å². The van der Waals surface area contributed by atoms with Crippen molar-refractivity contribution in [3.63, 3.8) is 0 Å². The van der Waals surface area contributed by atoms with Crippen LogP contribution in [0.25, 0.3) is 0 Å². The molecular weight excluding hydrogens is 440 g/mol. The standard InChI is InChI=1S/C24H36N4O6/c1-11(2)21(31)27-17(13-9-34-10-13)23(33)28-8-14-16(24(14,3)4)18(28)22(32)26-15(7-12-5-6-12)19(29)20(25)30/h11-18H,5-10H2,1-4H3,(H2,25,30)(H,26,32)(H,27,31)/t14-,15?,16?,17?,18-/m0/s1. The molecule has 3 unspecified atom stereocenters. The van der Waals surface area contributed by atoms with Crippen molar-refractivity contribution in [1.82, 2.24) is 15.5 Å². The molecule has 4 rings (SSSR count). The summed E-state index contributed by atoms with van der Waals surface area (Å²) >= 11 is 0. The monoisotopic (exact) mass is 476 g/mol. The Hall–Kier alpha value is -2.49. The molecule has 4 fully saturated rings.